The molecule has 29 heavy (non-hydrogen) atoms. The monoisotopic (exact) mass is 399 g/mol. The average Bonchev–Trinajstić information content (AvgIpc) is 2.70. The zero-order valence-corrected chi connectivity index (χ0v) is 17.5. The number of hydrogen-bond donors (Lipinski definition) is 1. The minimum absolute atomic E-state index is 0.105. The Morgan fingerprint density at radius 1 is 0.966 bits per heavy atom. The zero-order chi connectivity index (χ0) is 21.3. The largest absolute Gasteiger partial charge is 0.489 e. The maximum Gasteiger partial charge on any atom is 0.338 e. The minimum Gasteiger partial charge on any atom is -0.489 e. The van der Waals surface area contributed by atoms with Crippen molar-refractivity contribution in [2.24, 2.45) is 0 Å². The number of methoxy groups -OCH3 is 1. The van der Waals surface area contributed by atoms with Gasteiger partial charge in [0.15, 0.2) is 6.61 Å². The molecule has 0 fully saturated rings. The Hall–Kier alpha value is -2.86. The van der Waals surface area contributed by atoms with Crippen LogP contribution in [0, 0.1) is 0 Å². The van der Waals surface area contributed by atoms with E-state index in [2.05, 4.69) is 38.2 Å². The maximum absolute atomic E-state index is 12.0. The summed E-state index contributed by atoms with van der Waals surface area (Å²) in [5.41, 5.74) is 2.67. The summed E-state index contributed by atoms with van der Waals surface area (Å²) >= 11 is 0. The van der Waals surface area contributed by atoms with Crippen LogP contribution in [0.5, 0.6) is 5.75 Å². The van der Waals surface area contributed by atoms with Gasteiger partial charge in [-0.15, -0.1) is 0 Å². The van der Waals surface area contributed by atoms with Gasteiger partial charge in [-0.2, -0.15) is 0 Å². The van der Waals surface area contributed by atoms with Crippen molar-refractivity contribution in [3.8, 4) is 5.75 Å². The first kappa shape index (κ1) is 22.4. The van der Waals surface area contributed by atoms with Crippen molar-refractivity contribution in [2.45, 2.75) is 32.8 Å². The molecular weight excluding hydrogens is 370 g/mol. The van der Waals surface area contributed by atoms with Gasteiger partial charge in [-0.3, -0.25) is 4.79 Å². The van der Waals surface area contributed by atoms with Gasteiger partial charge in [0.1, 0.15) is 12.4 Å². The van der Waals surface area contributed by atoms with Crippen molar-refractivity contribution in [1.82, 2.24) is 5.32 Å². The van der Waals surface area contributed by atoms with E-state index in [1.165, 1.54) is 5.56 Å². The summed E-state index contributed by atoms with van der Waals surface area (Å²) in [6.45, 7) is 7.37. The van der Waals surface area contributed by atoms with Crippen LogP contribution in [0.25, 0.3) is 0 Å². The van der Waals surface area contributed by atoms with Crippen molar-refractivity contribution in [3.63, 3.8) is 0 Å². The number of carbonyl (C=O) groups is 2. The lowest BCUT2D eigenvalue weighted by Crippen LogP contribution is -2.31. The fraction of sp³-hybridized carbons (Fsp3) is 0.391. The van der Waals surface area contributed by atoms with Crippen molar-refractivity contribution in [1.29, 1.82) is 0 Å². The smallest absolute Gasteiger partial charge is 0.338 e. The summed E-state index contributed by atoms with van der Waals surface area (Å²) in [7, 11) is 1.55. The molecule has 156 valence electrons. The predicted octanol–water partition coefficient (Wildman–Crippen LogP) is 3.48. The van der Waals surface area contributed by atoms with Gasteiger partial charge in [0, 0.05) is 13.7 Å². The quantitative estimate of drug-likeness (QED) is 0.516. The van der Waals surface area contributed by atoms with Crippen molar-refractivity contribution in [3.05, 3.63) is 65.2 Å². The van der Waals surface area contributed by atoms with E-state index in [0.29, 0.717) is 25.3 Å². The number of amides is 1. The second-order valence-electron chi connectivity index (χ2n) is 7.68. The molecule has 2 aromatic rings. The molecule has 0 unspecified atom stereocenters. The molecule has 0 aromatic heterocycles. The summed E-state index contributed by atoms with van der Waals surface area (Å²) in [5, 5.41) is 2.59. The average molecular weight is 399 g/mol. The SMILES string of the molecule is COCCNC(=O)COC(=O)c1ccc(COc2ccc(C(C)(C)C)cc2)cc1. The molecule has 6 heteroatoms. The molecule has 0 bridgehead atoms. The van der Waals surface area contributed by atoms with Crippen LogP contribution in [0.3, 0.4) is 0 Å². The Morgan fingerprint density at radius 2 is 1.62 bits per heavy atom. The van der Waals surface area contributed by atoms with Crippen LogP contribution in [0.2, 0.25) is 0 Å². The molecule has 0 radical (unpaired) electrons. The maximum atomic E-state index is 12.0. The van der Waals surface area contributed by atoms with Crippen molar-refractivity contribution in [2.75, 3.05) is 26.9 Å². The second-order valence-corrected chi connectivity index (χ2v) is 7.68. The van der Waals surface area contributed by atoms with Gasteiger partial charge in [0.25, 0.3) is 5.91 Å². The van der Waals surface area contributed by atoms with Gasteiger partial charge in [-0.25, -0.2) is 4.79 Å². The van der Waals surface area contributed by atoms with E-state index in [-0.39, 0.29) is 17.9 Å². The first-order valence-corrected chi connectivity index (χ1v) is 9.54. The number of benzene rings is 2. The highest BCUT2D eigenvalue weighted by molar-refractivity contribution is 5.91. The van der Waals surface area contributed by atoms with Gasteiger partial charge >= 0.3 is 5.97 Å². The van der Waals surface area contributed by atoms with E-state index < -0.39 is 5.97 Å². The molecule has 0 saturated carbocycles. The molecule has 0 spiro atoms. The summed E-state index contributed by atoms with van der Waals surface area (Å²) in [5.74, 6) is -0.115. The molecule has 0 aliphatic rings. The van der Waals surface area contributed by atoms with Gasteiger partial charge < -0.3 is 19.5 Å². The normalized spacial score (nSPS) is 11.0. The molecule has 2 aromatic carbocycles. The first-order valence-electron chi connectivity index (χ1n) is 9.54. The fourth-order valence-electron chi connectivity index (χ4n) is 2.51. The van der Waals surface area contributed by atoms with Crippen LogP contribution < -0.4 is 10.1 Å². The van der Waals surface area contributed by atoms with Gasteiger partial charge in [-0.1, -0.05) is 45.0 Å². The summed E-state index contributed by atoms with van der Waals surface area (Å²) in [6, 6.07) is 15.0. The molecule has 0 atom stereocenters. The van der Waals surface area contributed by atoms with Crippen LogP contribution in [-0.4, -0.2) is 38.7 Å². The van der Waals surface area contributed by atoms with E-state index in [1.54, 1.807) is 31.4 Å². The first-order chi connectivity index (χ1) is 13.8. The van der Waals surface area contributed by atoms with Crippen LogP contribution >= 0.6 is 0 Å². The van der Waals surface area contributed by atoms with Crippen LogP contribution in [0.4, 0.5) is 0 Å². The molecular formula is C23H29NO5. The molecule has 2 rings (SSSR count). The minimum atomic E-state index is -0.544. The second kappa shape index (κ2) is 10.6. The topological polar surface area (TPSA) is 73.9 Å². The zero-order valence-electron chi connectivity index (χ0n) is 17.5. The number of hydrogen-bond acceptors (Lipinski definition) is 5. The number of carbonyl (C=O) groups excluding carboxylic acids is 2. The molecule has 6 nitrogen and oxygen atoms in total. The number of esters is 1. The number of ether oxygens (including phenoxy) is 3. The van der Waals surface area contributed by atoms with E-state index in [9.17, 15) is 9.59 Å². The highest BCUT2D eigenvalue weighted by Gasteiger charge is 2.13. The fourth-order valence-corrected chi connectivity index (χ4v) is 2.51. The third-order valence-corrected chi connectivity index (χ3v) is 4.28. The van der Waals surface area contributed by atoms with Crippen molar-refractivity contribution < 1.29 is 23.8 Å². The third kappa shape index (κ3) is 7.58. The van der Waals surface area contributed by atoms with Gasteiger partial charge in [0.05, 0.1) is 12.2 Å². The van der Waals surface area contributed by atoms with Gasteiger partial charge in [0.2, 0.25) is 0 Å². The molecule has 0 aliphatic heterocycles. The Balaban J connectivity index is 1.80. The Bertz CT molecular complexity index is 792. The highest BCUT2D eigenvalue weighted by atomic mass is 16.5. The van der Waals surface area contributed by atoms with E-state index in [0.717, 1.165) is 11.3 Å². The molecule has 0 aliphatic carbocycles. The summed E-state index contributed by atoms with van der Waals surface area (Å²) < 4.78 is 15.6. The standard InChI is InChI=1S/C23H29NO5/c1-23(2,3)19-9-11-20(12-10-19)28-15-17-5-7-18(8-6-17)22(26)29-16-21(25)24-13-14-27-4/h5-12H,13-16H2,1-4H3,(H,24,25). The Labute approximate surface area is 172 Å². The van der Waals surface area contributed by atoms with Crippen LogP contribution in [0.1, 0.15) is 42.3 Å². The van der Waals surface area contributed by atoms with Crippen molar-refractivity contribution >= 4 is 11.9 Å². The van der Waals surface area contributed by atoms with E-state index >= 15 is 0 Å². The summed E-state index contributed by atoms with van der Waals surface area (Å²) in [4.78, 5) is 23.6. The predicted molar refractivity (Wildman–Crippen MR) is 111 cm³/mol. The third-order valence-electron chi connectivity index (χ3n) is 4.28. The lowest BCUT2D eigenvalue weighted by molar-refractivity contribution is -0.124. The van der Waals surface area contributed by atoms with Crippen LogP contribution in [0.15, 0.2) is 48.5 Å². The Kier molecular flexibility index (Phi) is 8.21. The molecule has 0 heterocycles. The molecule has 1 N–H and O–H groups in total. The van der Waals surface area contributed by atoms with E-state index in [1.807, 2.05) is 12.1 Å². The lowest BCUT2D eigenvalue weighted by Gasteiger charge is -2.19. The van der Waals surface area contributed by atoms with Gasteiger partial charge in [-0.05, 0) is 40.8 Å². The Morgan fingerprint density at radius 3 is 2.21 bits per heavy atom. The number of nitrogens with one attached hydrogen (secondary N) is 1. The molecule has 1 amide bonds. The van der Waals surface area contributed by atoms with E-state index in [4.69, 9.17) is 14.2 Å². The van der Waals surface area contributed by atoms with Crippen LogP contribution in [-0.2, 0) is 26.3 Å². The molecule has 0 saturated heterocycles. The summed E-state index contributed by atoms with van der Waals surface area (Å²) in [6.07, 6.45) is 0. The lowest BCUT2D eigenvalue weighted by atomic mass is 9.87. The highest BCUT2D eigenvalue weighted by Crippen LogP contribution is 2.24. The number of rotatable bonds is 9.